The first-order valence-corrected chi connectivity index (χ1v) is 11.1. The van der Waals surface area contributed by atoms with Gasteiger partial charge in [-0.2, -0.15) is 5.26 Å². The molecule has 158 valence electrons. The Labute approximate surface area is 194 Å². The number of hydrogen-bond donors (Lipinski definition) is 0. The van der Waals surface area contributed by atoms with Gasteiger partial charge in [-0.3, -0.25) is 0 Å². The van der Waals surface area contributed by atoms with E-state index in [4.69, 9.17) is 4.42 Å². The predicted molar refractivity (Wildman–Crippen MR) is 136 cm³/mol. The zero-order chi connectivity index (χ0) is 22.6. The highest BCUT2D eigenvalue weighted by atomic mass is 16.3. The average molecular weight is 435 g/mol. The minimum atomic E-state index is 0.397. The third-order valence-electron chi connectivity index (χ3n) is 6.51. The molecule has 0 aliphatic rings. The van der Waals surface area contributed by atoms with Crippen molar-refractivity contribution in [2.45, 2.75) is 0 Å². The number of fused-ring (bicyclic) bond motifs is 7. The summed E-state index contributed by atoms with van der Waals surface area (Å²) in [5.41, 5.74) is 7.29. The molecule has 0 saturated heterocycles. The van der Waals surface area contributed by atoms with E-state index in [1.807, 2.05) is 42.5 Å². The SMILES string of the molecule is N#Cc1cc(-c2ccccc2-n2c3ccccc3c3ccc4c5ccccc5oc4c32)ccn1. The van der Waals surface area contributed by atoms with Crippen molar-refractivity contribution >= 4 is 43.7 Å². The zero-order valence-corrected chi connectivity index (χ0v) is 18.1. The average Bonchev–Trinajstić information content (AvgIpc) is 3.44. The third-order valence-corrected chi connectivity index (χ3v) is 6.51. The molecule has 0 saturated carbocycles. The van der Waals surface area contributed by atoms with Crippen molar-refractivity contribution in [1.82, 2.24) is 9.55 Å². The van der Waals surface area contributed by atoms with E-state index in [1.165, 1.54) is 5.39 Å². The summed E-state index contributed by atoms with van der Waals surface area (Å²) in [4.78, 5) is 4.16. The maximum absolute atomic E-state index is 9.40. The first kappa shape index (κ1) is 18.7. The second kappa shape index (κ2) is 7.06. The molecule has 0 atom stereocenters. The van der Waals surface area contributed by atoms with E-state index in [0.717, 1.165) is 55.2 Å². The number of nitrogens with zero attached hydrogens (tertiary/aromatic N) is 3. The van der Waals surface area contributed by atoms with E-state index >= 15 is 0 Å². The Bertz CT molecular complexity index is 1930. The molecule has 7 rings (SSSR count). The molecule has 4 heteroatoms. The molecule has 0 bridgehead atoms. The van der Waals surface area contributed by atoms with Crippen molar-refractivity contribution < 1.29 is 4.42 Å². The Morgan fingerprint density at radius 3 is 2.41 bits per heavy atom. The molecule has 7 aromatic rings. The Hall–Kier alpha value is -4.88. The summed E-state index contributed by atoms with van der Waals surface area (Å²) in [7, 11) is 0. The van der Waals surface area contributed by atoms with Gasteiger partial charge in [0.1, 0.15) is 17.3 Å². The summed E-state index contributed by atoms with van der Waals surface area (Å²) in [6.45, 7) is 0. The fourth-order valence-corrected chi connectivity index (χ4v) is 5.05. The molecule has 0 amide bonds. The number of para-hydroxylation sites is 3. The molecular formula is C30H17N3O. The van der Waals surface area contributed by atoms with Gasteiger partial charge in [0.2, 0.25) is 0 Å². The van der Waals surface area contributed by atoms with Gasteiger partial charge >= 0.3 is 0 Å². The van der Waals surface area contributed by atoms with Crippen molar-refractivity contribution in [3.05, 3.63) is 109 Å². The second-order valence-electron chi connectivity index (χ2n) is 8.35. The van der Waals surface area contributed by atoms with Crippen LogP contribution in [0.2, 0.25) is 0 Å². The van der Waals surface area contributed by atoms with E-state index in [-0.39, 0.29) is 0 Å². The van der Waals surface area contributed by atoms with Gasteiger partial charge in [0.05, 0.1) is 16.7 Å². The second-order valence-corrected chi connectivity index (χ2v) is 8.35. The molecule has 0 aliphatic carbocycles. The quantitative estimate of drug-likeness (QED) is 0.281. The van der Waals surface area contributed by atoms with Gasteiger partial charge in [0, 0.05) is 33.3 Å². The van der Waals surface area contributed by atoms with E-state index in [0.29, 0.717) is 5.69 Å². The van der Waals surface area contributed by atoms with Crippen LogP contribution in [0.15, 0.2) is 108 Å². The summed E-state index contributed by atoms with van der Waals surface area (Å²) >= 11 is 0. The zero-order valence-electron chi connectivity index (χ0n) is 18.1. The lowest BCUT2D eigenvalue weighted by Gasteiger charge is -2.14. The van der Waals surface area contributed by atoms with E-state index in [9.17, 15) is 5.26 Å². The van der Waals surface area contributed by atoms with Crippen LogP contribution in [0.3, 0.4) is 0 Å². The monoisotopic (exact) mass is 435 g/mol. The molecule has 4 nitrogen and oxygen atoms in total. The van der Waals surface area contributed by atoms with Gasteiger partial charge in [-0.25, -0.2) is 4.98 Å². The fraction of sp³-hybridized carbons (Fsp3) is 0. The molecule has 0 N–H and O–H groups in total. The van der Waals surface area contributed by atoms with Gasteiger partial charge in [-0.1, -0.05) is 60.7 Å². The van der Waals surface area contributed by atoms with Gasteiger partial charge in [-0.05, 0) is 42.0 Å². The molecule has 0 unspecified atom stereocenters. The Kier molecular flexibility index (Phi) is 3.88. The summed E-state index contributed by atoms with van der Waals surface area (Å²) < 4.78 is 8.75. The summed E-state index contributed by atoms with van der Waals surface area (Å²) in [6, 6.07) is 35.2. The van der Waals surface area contributed by atoms with Crippen molar-refractivity contribution in [3.8, 4) is 22.9 Å². The lowest BCUT2D eigenvalue weighted by molar-refractivity contribution is 0.671. The van der Waals surface area contributed by atoms with Crippen LogP contribution in [0, 0.1) is 11.3 Å². The van der Waals surface area contributed by atoms with Gasteiger partial charge in [0.25, 0.3) is 0 Å². The Morgan fingerprint density at radius 1 is 0.735 bits per heavy atom. The fourth-order valence-electron chi connectivity index (χ4n) is 5.05. The number of furan rings is 1. The normalized spacial score (nSPS) is 11.5. The van der Waals surface area contributed by atoms with E-state index in [2.05, 4.69) is 70.2 Å². The standard InChI is InChI=1S/C30H17N3O/c31-18-20-17-19(15-16-32-20)21-7-1-4-10-26(21)33-27-11-5-2-8-22(27)24-13-14-25-23-9-3-6-12-28(23)34-30(25)29(24)33/h1-17H. The molecule has 3 aromatic heterocycles. The maximum Gasteiger partial charge on any atom is 0.160 e. The lowest BCUT2D eigenvalue weighted by atomic mass is 10.0. The summed E-state index contributed by atoms with van der Waals surface area (Å²) in [6.07, 6.45) is 1.69. The molecule has 0 aliphatic heterocycles. The van der Waals surface area contributed by atoms with Crippen LogP contribution in [-0.2, 0) is 0 Å². The molecular weight excluding hydrogens is 418 g/mol. The molecule has 0 radical (unpaired) electrons. The third kappa shape index (κ3) is 2.55. The Balaban J connectivity index is 1.67. The van der Waals surface area contributed by atoms with Crippen molar-refractivity contribution in [2.75, 3.05) is 0 Å². The molecule has 0 spiro atoms. The van der Waals surface area contributed by atoms with Crippen molar-refractivity contribution in [1.29, 1.82) is 5.26 Å². The van der Waals surface area contributed by atoms with Gasteiger partial charge in [0.15, 0.2) is 5.58 Å². The van der Waals surface area contributed by atoms with Crippen molar-refractivity contribution in [2.24, 2.45) is 0 Å². The molecule has 34 heavy (non-hydrogen) atoms. The topological polar surface area (TPSA) is 54.8 Å². The summed E-state index contributed by atoms with van der Waals surface area (Å²) in [5, 5.41) is 13.9. The van der Waals surface area contributed by atoms with Crippen LogP contribution < -0.4 is 0 Å². The maximum atomic E-state index is 9.40. The van der Waals surface area contributed by atoms with Gasteiger partial charge < -0.3 is 8.98 Å². The highest BCUT2D eigenvalue weighted by molar-refractivity contribution is 6.21. The van der Waals surface area contributed by atoms with Crippen LogP contribution in [0.1, 0.15) is 5.69 Å². The number of hydrogen-bond acceptors (Lipinski definition) is 3. The largest absolute Gasteiger partial charge is 0.454 e. The van der Waals surface area contributed by atoms with Gasteiger partial charge in [-0.15, -0.1) is 0 Å². The number of aromatic nitrogens is 2. The highest BCUT2D eigenvalue weighted by Crippen LogP contribution is 2.41. The smallest absolute Gasteiger partial charge is 0.160 e. The number of nitriles is 1. The molecule has 4 aromatic carbocycles. The van der Waals surface area contributed by atoms with Crippen LogP contribution in [0.25, 0.3) is 60.6 Å². The number of pyridine rings is 1. The van der Waals surface area contributed by atoms with Crippen LogP contribution in [0.5, 0.6) is 0 Å². The van der Waals surface area contributed by atoms with Crippen LogP contribution >= 0.6 is 0 Å². The Morgan fingerprint density at radius 2 is 1.50 bits per heavy atom. The van der Waals surface area contributed by atoms with Crippen LogP contribution in [-0.4, -0.2) is 9.55 Å². The highest BCUT2D eigenvalue weighted by Gasteiger charge is 2.20. The lowest BCUT2D eigenvalue weighted by Crippen LogP contribution is -1.97. The molecule has 3 heterocycles. The van der Waals surface area contributed by atoms with E-state index in [1.54, 1.807) is 6.20 Å². The van der Waals surface area contributed by atoms with E-state index < -0.39 is 0 Å². The predicted octanol–water partition coefficient (Wildman–Crippen LogP) is 7.62. The minimum absolute atomic E-state index is 0.397. The molecule has 0 fully saturated rings. The number of benzene rings is 4. The first-order chi connectivity index (χ1) is 16.8. The summed E-state index contributed by atoms with van der Waals surface area (Å²) in [5.74, 6) is 0. The first-order valence-electron chi connectivity index (χ1n) is 11.1. The minimum Gasteiger partial charge on any atom is -0.454 e. The van der Waals surface area contributed by atoms with Crippen LogP contribution in [0.4, 0.5) is 0 Å². The number of rotatable bonds is 2. The van der Waals surface area contributed by atoms with Crippen molar-refractivity contribution in [3.63, 3.8) is 0 Å².